The Balaban J connectivity index is 1.29. The first-order valence-corrected chi connectivity index (χ1v) is 8.83. The molecule has 1 atom stereocenters. The molecule has 1 aromatic carbocycles. The predicted molar refractivity (Wildman–Crippen MR) is 90.4 cm³/mol. The van der Waals surface area contributed by atoms with E-state index in [1.165, 1.54) is 0 Å². The van der Waals surface area contributed by atoms with Gasteiger partial charge in [-0.15, -0.1) is 10.2 Å². The number of nitrogens with one attached hydrogen (secondary N) is 1. The lowest BCUT2D eigenvalue weighted by atomic mass is 10.2. The van der Waals surface area contributed by atoms with Crippen LogP contribution in [-0.2, 0) is 24.2 Å². The lowest BCUT2D eigenvalue weighted by Crippen LogP contribution is -2.24. The maximum atomic E-state index is 12.3. The Morgan fingerprint density at radius 1 is 1.28 bits per heavy atom. The number of hydrogen-bond acceptors (Lipinski definition) is 5. The van der Waals surface area contributed by atoms with Gasteiger partial charge in [0.2, 0.25) is 0 Å². The van der Waals surface area contributed by atoms with Crippen LogP contribution >= 0.6 is 0 Å². The number of rotatable bonds is 6. The normalized spacial score (nSPS) is 19.0. The molecule has 0 aliphatic carbocycles. The predicted octanol–water partition coefficient (Wildman–Crippen LogP) is 1.71. The Morgan fingerprint density at radius 2 is 2.16 bits per heavy atom. The fourth-order valence-corrected chi connectivity index (χ4v) is 3.27. The van der Waals surface area contributed by atoms with Gasteiger partial charge in [-0.25, -0.2) is 0 Å². The summed E-state index contributed by atoms with van der Waals surface area (Å²) in [6, 6.07) is 7.18. The van der Waals surface area contributed by atoms with E-state index in [0.717, 1.165) is 56.2 Å². The molecule has 0 unspecified atom stereocenters. The minimum absolute atomic E-state index is 0.124. The van der Waals surface area contributed by atoms with Gasteiger partial charge in [0.1, 0.15) is 18.2 Å². The van der Waals surface area contributed by atoms with Crippen LogP contribution in [-0.4, -0.2) is 40.0 Å². The van der Waals surface area contributed by atoms with Gasteiger partial charge in [-0.05, 0) is 43.5 Å². The molecule has 0 bridgehead atoms. The van der Waals surface area contributed by atoms with Crippen molar-refractivity contribution >= 4 is 5.91 Å². The number of amides is 1. The van der Waals surface area contributed by atoms with E-state index in [0.29, 0.717) is 18.7 Å². The minimum Gasteiger partial charge on any atom is -0.491 e. The molecule has 132 valence electrons. The van der Waals surface area contributed by atoms with Crippen LogP contribution in [0.5, 0.6) is 5.75 Å². The van der Waals surface area contributed by atoms with Crippen molar-refractivity contribution in [2.75, 3.05) is 13.2 Å². The second-order valence-corrected chi connectivity index (χ2v) is 6.44. The van der Waals surface area contributed by atoms with Gasteiger partial charge in [0.05, 0.1) is 12.6 Å². The number of carbonyl (C=O) groups excluding carboxylic acids is 1. The molecule has 1 aromatic heterocycles. The molecule has 0 spiro atoms. The van der Waals surface area contributed by atoms with Crippen LogP contribution in [0.25, 0.3) is 0 Å². The zero-order valence-corrected chi connectivity index (χ0v) is 14.1. The third-order valence-corrected chi connectivity index (χ3v) is 4.67. The summed E-state index contributed by atoms with van der Waals surface area (Å²) in [5.41, 5.74) is 0.602. The van der Waals surface area contributed by atoms with E-state index in [1.54, 1.807) is 12.1 Å². The number of benzene rings is 1. The lowest BCUT2D eigenvalue weighted by Gasteiger charge is -2.11. The van der Waals surface area contributed by atoms with Crippen molar-refractivity contribution in [2.24, 2.45) is 0 Å². The molecule has 2 aliphatic heterocycles. The summed E-state index contributed by atoms with van der Waals surface area (Å²) < 4.78 is 13.3. The van der Waals surface area contributed by atoms with Crippen LogP contribution in [0, 0.1) is 0 Å². The van der Waals surface area contributed by atoms with E-state index in [-0.39, 0.29) is 12.0 Å². The van der Waals surface area contributed by atoms with Crippen molar-refractivity contribution in [3.63, 3.8) is 0 Å². The highest BCUT2D eigenvalue weighted by molar-refractivity contribution is 5.94. The first-order chi connectivity index (χ1) is 12.3. The van der Waals surface area contributed by atoms with Crippen molar-refractivity contribution in [2.45, 2.75) is 44.9 Å². The molecule has 1 N–H and O–H groups in total. The van der Waals surface area contributed by atoms with Gasteiger partial charge in [-0.3, -0.25) is 4.79 Å². The molecule has 2 aliphatic rings. The molecule has 3 heterocycles. The summed E-state index contributed by atoms with van der Waals surface area (Å²) in [7, 11) is 0. The van der Waals surface area contributed by atoms with Crippen molar-refractivity contribution < 1.29 is 14.3 Å². The minimum atomic E-state index is -0.124. The number of carbonyl (C=O) groups is 1. The summed E-state index contributed by atoms with van der Waals surface area (Å²) in [6.45, 7) is 2.71. The summed E-state index contributed by atoms with van der Waals surface area (Å²) in [6.07, 6.45) is 4.40. The van der Waals surface area contributed by atoms with E-state index < -0.39 is 0 Å². The number of ether oxygens (including phenoxy) is 2. The summed E-state index contributed by atoms with van der Waals surface area (Å²) in [5, 5.41) is 11.2. The van der Waals surface area contributed by atoms with Crippen LogP contribution in [0.4, 0.5) is 0 Å². The number of fused-ring (bicyclic) bond motifs is 1. The fourth-order valence-electron chi connectivity index (χ4n) is 3.27. The largest absolute Gasteiger partial charge is 0.491 e. The Hall–Kier alpha value is -2.41. The second kappa shape index (κ2) is 7.23. The van der Waals surface area contributed by atoms with Crippen molar-refractivity contribution in [1.82, 2.24) is 20.1 Å². The number of aromatic nitrogens is 3. The van der Waals surface area contributed by atoms with Gasteiger partial charge in [-0.2, -0.15) is 0 Å². The Kier molecular flexibility index (Phi) is 4.65. The SMILES string of the molecule is O=C(NCc1nnc2n1CCC2)c1ccc(OC[C@@H]2CCCO2)cc1. The fraction of sp³-hybridized carbons (Fsp3) is 0.500. The van der Waals surface area contributed by atoms with E-state index in [1.807, 2.05) is 12.1 Å². The van der Waals surface area contributed by atoms with Crippen LogP contribution in [0.2, 0.25) is 0 Å². The Labute approximate surface area is 146 Å². The number of aryl methyl sites for hydroxylation is 1. The molecule has 4 rings (SSSR count). The highest BCUT2D eigenvalue weighted by Gasteiger charge is 2.18. The van der Waals surface area contributed by atoms with Gasteiger partial charge < -0.3 is 19.4 Å². The molecule has 7 heteroatoms. The average Bonchev–Trinajstić information content (AvgIpc) is 3.37. The molecule has 0 saturated carbocycles. The summed E-state index contributed by atoms with van der Waals surface area (Å²) in [5.74, 6) is 2.46. The quantitative estimate of drug-likeness (QED) is 0.865. The van der Waals surface area contributed by atoms with Gasteiger partial charge in [-0.1, -0.05) is 0 Å². The van der Waals surface area contributed by atoms with Crippen molar-refractivity contribution in [3.05, 3.63) is 41.5 Å². The monoisotopic (exact) mass is 342 g/mol. The maximum Gasteiger partial charge on any atom is 0.251 e. The van der Waals surface area contributed by atoms with E-state index in [4.69, 9.17) is 9.47 Å². The molecule has 1 fully saturated rings. The van der Waals surface area contributed by atoms with Gasteiger partial charge in [0, 0.05) is 25.1 Å². The van der Waals surface area contributed by atoms with Gasteiger partial charge in [0.25, 0.3) is 5.91 Å². The second-order valence-electron chi connectivity index (χ2n) is 6.44. The molecule has 0 radical (unpaired) electrons. The molecule has 1 amide bonds. The Morgan fingerprint density at radius 3 is 2.96 bits per heavy atom. The van der Waals surface area contributed by atoms with Crippen LogP contribution < -0.4 is 10.1 Å². The number of hydrogen-bond donors (Lipinski definition) is 1. The third-order valence-electron chi connectivity index (χ3n) is 4.67. The lowest BCUT2D eigenvalue weighted by molar-refractivity contribution is 0.0679. The first kappa shape index (κ1) is 16.1. The van der Waals surface area contributed by atoms with E-state index in [9.17, 15) is 4.79 Å². The van der Waals surface area contributed by atoms with Crippen LogP contribution in [0.1, 0.15) is 41.3 Å². The van der Waals surface area contributed by atoms with E-state index in [2.05, 4.69) is 20.1 Å². The molecule has 1 saturated heterocycles. The maximum absolute atomic E-state index is 12.3. The van der Waals surface area contributed by atoms with Crippen LogP contribution in [0.15, 0.2) is 24.3 Å². The highest BCUT2D eigenvalue weighted by Crippen LogP contribution is 2.17. The average molecular weight is 342 g/mol. The van der Waals surface area contributed by atoms with Crippen molar-refractivity contribution in [1.29, 1.82) is 0 Å². The molecular weight excluding hydrogens is 320 g/mol. The zero-order chi connectivity index (χ0) is 17.1. The van der Waals surface area contributed by atoms with Gasteiger partial charge >= 0.3 is 0 Å². The van der Waals surface area contributed by atoms with Crippen LogP contribution in [0.3, 0.4) is 0 Å². The first-order valence-electron chi connectivity index (χ1n) is 8.83. The molecular formula is C18H22N4O3. The number of nitrogens with zero attached hydrogens (tertiary/aromatic N) is 3. The highest BCUT2D eigenvalue weighted by atomic mass is 16.5. The molecule has 25 heavy (non-hydrogen) atoms. The summed E-state index contributed by atoms with van der Waals surface area (Å²) in [4.78, 5) is 12.3. The smallest absolute Gasteiger partial charge is 0.251 e. The summed E-state index contributed by atoms with van der Waals surface area (Å²) >= 11 is 0. The Bertz CT molecular complexity index is 735. The molecule has 7 nitrogen and oxygen atoms in total. The van der Waals surface area contributed by atoms with Crippen molar-refractivity contribution in [3.8, 4) is 5.75 Å². The molecule has 2 aromatic rings. The van der Waals surface area contributed by atoms with Gasteiger partial charge in [0.15, 0.2) is 5.82 Å². The standard InChI is InChI=1S/C18H22N4O3/c23-18(19-11-17-21-20-16-4-1-9-22(16)17)13-5-7-14(8-6-13)25-12-15-3-2-10-24-15/h5-8,15H,1-4,9-12H2,(H,19,23)/t15-/m0/s1. The third kappa shape index (κ3) is 3.66. The van der Waals surface area contributed by atoms with E-state index >= 15 is 0 Å². The zero-order valence-electron chi connectivity index (χ0n) is 14.1. The topological polar surface area (TPSA) is 78.3 Å².